The molecule has 0 bridgehead atoms. The van der Waals surface area contributed by atoms with Gasteiger partial charge in [0.2, 0.25) is 0 Å². The molecule has 0 fully saturated rings. The molecule has 0 unspecified atom stereocenters. The summed E-state index contributed by atoms with van der Waals surface area (Å²) in [7, 11) is 3.51. The van der Waals surface area contributed by atoms with Crippen LogP contribution >= 0.6 is 0 Å². The van der Waals surface area contributed by atoms with Crippen molar-refractivity contribution < 1.29 is 9.53 Å². The number of pyridine rings is 1. The number of nitrogens with zero attached hydrogens (tertiary/aromatic N) is 3. The third kappa shape index (κ3) is 2.55. The van der Waals surface area contributed by atoms with Crippen LogP contribution in [-0.4, -0.2) is 26.9 Å². The second-order valence-corrected chi connectivity index (χ2v) is 5.32. The van der Waals surface area contributed by atoms with Crippen molar-refractivity contribution in [2.75, 3.05) is 6.61 Å². The fourth-order valence-electron chi connectivity index (χ4n) is 2.66. The zero-order valence-corrected chi connectivity index (χ0v) is 12.6. The van der Waals surface area contributed by atoms with Crippen LogP contribution in [0.2, 0.25) is 0 Å². The number of aromatic nitrogens is 3. The summed E-state index contributed by atoms with van der Waals surface area (Å²) in [5.74, 6) is -0.391. The van der Waals surface area contributed by atoms with E-state index in [1.54, 1.807) is 19.3 Å². The molecule has 0 saturated heterocycles. The van der Waals surface area contributed by atoms with E-state index >= 15 is 0 Å². The Morgan fingerprint density at radius 3 is 3.09 bits per heavy atom. The highest BCUT2D eigenvalue weighted by atomic mass is 16.5. The Hall–Kier alpha value is -2.41. The van der Waals surface area contributed by atoms with Crippen molar-refractivity contribution >= 4 is 5.91 Å². The topological polar surface area (TPSA) is 78.2 Å². The predicted octanol–water partition coefficient (Wildman–Crippen LogP) is 0.121. The van der Waals surface area contributed by atoms with Crippen LogP contribution in [0.15, 0.2) is 23.1 Å². The summed E-state index contributed by atoms with van der Waals surface area (Å²) in [6, 6.07) is 3.20. The van der Waals surface area contributed by atoms with Gasteiger partial charge in [-0.15, -0.1) is 0 Å². The third-order valence-electron chi connectivity index (χ3n) is 3.87. The van der Waals surface area contributed by atoms with Gasteiger partial charge in [-0.05, 0) is 12.1 Å². The molecule has 1 aliphatic heterocycles. The molecule has 7 heteroatoms. The molecular formula is C15H18N4O3. The van der Waals surface area contributed by atoms with E-state index in [0.29, 0.717) is 13.2 Å². The van der Waals surface area contributed by atoms with Gasteiger partial charge in [0.1, 0.15) is 5.56 Å². The molecule has 0 radical (unpaired) electrons. The van der Waals surface area contributed by atoms with Crippen LogP contribution in [0, 0.1) is 0 Å². The lowest BCUT2D eigenvalue weighted by Crippen LogP contribution is -2.31. The number of nitrogens with one attached hydrogen (secondary N) is 1. The average Bonchev–Trinajstić information content (AvgIpc) is 2.84. The summed E-state index contributed by atoms with van der Waals surface area (Å²) in [5.41, 5.74) is 2.79. The summed E-state index contributed by atoms with van der Waals surface area (Å²) in [6.45, 7) is 1.49. The van der Waals surface area contributed by atoms with Gasteiger partial charge in [-0.3, -0.25) is 14.3 Å². The van der Waals surface area contributed by atoms with Gasteiger partial charge in [0.25, 0.3) is 11.5 Å². The van der Waals surface area contributed by atoms with Gasteiger partial charge < -0.3 is 14.6 Å². The number of carbonyl (C=O) groups excluding carboxylic acids is 1. The van der Waals surface area contributed by atoms with Crippen molar-refractivity contribution in [2.24, 2.45) is 14.1 Å². The molecule has 2 aromatic rings. The first-order chi connectivity index (χ1) is 10.6. The maximum atomic E-state index is 12.2. The molecule has 3 heterocycles. The van der Waals surface area contributed by atoms with Crippen LogP contribution in [0.5, 0.6) is 0 Å². The normalized spacial score (nSPS) is 13.7. The molecule has 1 N–H and O–H groups in total. The fraction of sp³-hybridized carbons (Fsp3) is 0.400. The molecule has 0 aliphatic carbocycles. The minimum atomic E-state index is -0.391. The Labute approximate surface area is 127 Å². The number of hydrogen-bond acceptors (Lipinski definition) is 4. The molecule has 1 amide bonds. The van der Waals surface area contributed by atoms with Crippen LogP contribution in [0.3, 0.4) is 0 Å². The standard InChI is InChI=1S/C15H18N4O3/c1-18-6-3-4-10(15(18)21)14(20)16-8-12-11-9-22-7-5-13(11)19(2)17-12/h3-4,6H,5,7-9H2,1-2H3,(H,16,20). The van der Waals surface area contributed by atoms with Crippen molar-refractivity contribution in [3.8, 4) is 0 Å². The average molecular weight is 302 g/mol. The molecule has 3 rings (SSSR count). The molecule has 116 valence electrons. The van der Waals surface area contributed by atoms with Crippen molar-refractivity contribution in [1.29, 1.82) is 0 Å². The van der Waals surface area contributed by atoms with E-state index in [9.17, 15) is 9.59 Å². The molecular weight excluding hydrogens is 284 g/mol. The SMILES string of the molecule is Cn1nc(CNC(=O)c2cccn(C)c2=O)c2c1CCOC2. The van der Waals surface area contributed by atoms with Crippen LogP contribution < -0.4 is 10.9 Å². The molecule has 0 spiro atoms. The van der Waals surface area contributed by atoms with Crippen LogP contribution in [0.25, 0.3) is 0 Å². The van der Waals surface area contributed by atoms with Crippen molar-refractivity contribution in [1.82, 2.24) is 19.7 Å². The highest BCUT2D eigenvalue weighted by Gasteiger charge is 2.20. The summed E-state index contributed by atoms with van der Waals surface area (Å²) in [4.78, 5) is 24.1. The molecule has 1 aliphatic rings. The smallest absolute Gasteiger partial charge is 0.263 e. The minimum absolute atomic E-state index is 0.131. The number of aryl methyl sites for hydroxylation is 2. The number of carbonyl (C=O) groups is 1. The fourth-order valence-corrected chi connectivity index (χ4v) is 2.66. The summed E-state index contributed by atoms with van der Waals surface area (Å²) in [5, 5.41) is 7.20. The van der Waals surface area contributed by atoms with Crippen LogP contribution in [0.4, 0.5) is 0 Å². The van der Waals surface area contributed by atoms with E-state index in [1.807, 2.05) is 11.7 Å². The Bertz CT molecular complexity index is 776. The van der Waals surface area contributed by atoms with E-state index in [1.165, 1.54) is 10.6 Å². The van der Waals surface area contributed by atoms with E-state index in [4.69, 9.17) is 4.74 Å². The van der Waals surface area contributed by atoms with E-state index < -0.39 is 5.91 Å². The largest absolute Gasteiger partial charge is 0.376 e. The number of fused-ring (bicyclic) bond motifs is 1. The Morgan fingerprint density at radius 1 is 1.45 bits per heavy atom. The Kier molecular flexibility index (Phi) is 3.81. The lowest BCUT2D eigenvalue weighted by Gasteiger charge is -2.13. The monoisotopic (exact) mass is 302 g/mol. The highest BCUT2D eigenvalue weighted by molar-refractivity contribution is 5.93. The molecule has 22 heavy (non-hydrogen) atoms. The Morgan fingerprint density at radius 2 is 2.27 bits per heavy atom. The van der Waals surface area contributed by atoms with Gasteiger partial charge in [0, 0.05) is 38.0 Å². The zero-order chi connectivity index (χ0) is 15.7. The van der Waals surface area contributed by atoms with Crippen LogP contribution in [-0.2, 0) is 38.4 Å². The zero-order valence-electron chi connectivity index (χ0n) is 12.6. The minimum Gasteiger partial charge on any atom is -0.376 e. The maximum Gasteiger partial charge on any atom is 0.263 e. The van der Waals surface area contributed by atoms with Crippen molar-refractivity contribution in [3.05, 3.63) is 51.2 Å². The molecule has 0 atom stereocenters. The lowest BCUT2D eigenvalue weighted by atomic mass is 10.1. The number of amides is 1. The van der Waals surface area contributed by atoms with Gasteiger partial charge in [0.05, 0.1) is 25.5 Å². The molecule has 2 aromatic heterocycles. The summed E-state index contributed by atoms with van der Waals surface area (Å²) in [6.07, 6.45) is 2.44. The lowest BCUT2D eigenvalue weighted by molar-refractivity contribution is 0.0945. The van der Waals surface area contributed by atoms with Crippen molar-refractivity contribution in [3.63, 3.8) is 0 Å². The quantitative estimate of drug-likeness (QED) is 0.873. The predicted molar refractivity (Wildman–Crippen MR) is 79.4 cm³/mol. The number of hydrogen-bond donors (Lipinski definition) is 1. The number of ether oxygens (including phenoxy) is 1. The van der Waals surface area contributed by atoms with Gasteiger partial charge >= 0.3 is 0 Å². The van der Waals surface area contributed by atoms with Crippen LogP contribution in [0.1, 0.15) is 27.3 Å². The summed E-state index contributed by atoms with van der Waals surface area (Å²) >= 11 is 0. The van der Waals surface area contributed by atoms with E-state index in [2.05, 4.69) is 10.4 Å². The van der Waals surface area contributed by atoms with Gasteiger partial charge in [-0.1, -0.05) is 0 Å². The second-order valence-electron chi connectivity index (χ2n) is 5.32. The van der Waals surface area contributed by atoms with Crippen molar-refractivity contribution in [2.45, 2.75) is 19.6 Å². The first-order valence-electron chi connectivity index (χ1n) is 7.13. The van der Waals surface area contributed by atoms with E-state index in [-0.39, 0.29) is 17.7 Å². The maximum absolute atomic E-state index is 12.2. The van der Waals surface area contributed by atoms with E-state index in [0.717, 1.165) is 23.4 Å². The Balaban J connectivity index is 1.77. The molecule has 7 nitrogen and oxygen atoms in total. The van der Waals surface area contributed by atoms with Gasteiger partial charge in [-0.2, -0.15) is 5.10 Å². The highest BCUT2D eigenvalue weighted by Crippen LogP contribution is 2.19. The first-order valence-corrected chi connectivity index (χ1v) is 7.13. The third-order valence-corrected chi connectivity index (χ3v) is 3.87. The summed E-state index contributed by atoms with van der Waals surface area (Å²) < 4.78 is 8.67. The first kappa shape index (κ1) is 14.5. The molecule has 0 saturated carbocycles. The molecule has 0 aromatic carbocycles. The number of rotatable bonds is 3. The van der Waals surface area contributed by atoms with Gasteiger partial charge in [-0.25, -0.2) is 0 Å². The second kappa shape index (κ2) is 5.76. The van der Waals surface area contributed by atoms with Gasteiger partial charge in [0.15, 0.2) is 0 Å².